The zero-order valence-corrected chi connectivity index (χ0v) is 16.5. The number of amides is 1. The van der Waals surface area contributed by atoms with Crippen LogP contribution in [-0.4, -0.2) is 30.8 Å². The van der Waals surface area contributed by atoms with E-state index in [0.717, 1.165) is 5.56 Å². The highest BCUT2D eigenvalue weighted by molar-refractivity contribution is 6.30. The molecule has 0 radical (unpaired) electrons. The number of pyridine rings is 1. The van der Waals surface area contributed by atoms with E-state index in [1.54, 1.807) is 29.9 Å². The first kappa shape index (κ1) is 18.8. The number of hydrogen-bond donors (Lipinski definition) is 1. The summed E-state index contributed by atoms with van der Waals surface area (Å²) >= 11 is 5.98. The summed E-state index contributed by atoms with van der Waals surface area (Å²) in [4.78, 5) is 21.1. The van der Waals surface area contributed by atoms with E-state index in [9.17, 15) is 4.79 Å². The van der Waals surface area contributed by atoms with Gasteiger partial charge in [0.15, 0.2) is 11.6 Å². The molecule has 1 aromatic carbocycles. The average molecular weight is 409 g/mol. The molecule has 9 heteroatoms. The quantitative estimate of drug-likeness (QED) is 0.542. The average Bonchev–Trinajstić information content (AvgIpc) is 3.32. The minimum absolute atomic E-state index is 0.216. The van der Waals surface area contributed by atoms with Gasteiger partial charge in [-0.3, -0.25) is 4.79 Å². The van der Waals surface area contributed by atoms with Crippen molar-refractivity contribution >= 4 is 17.5 Å². The zero-order valence-electron chi connectivity index (χ0n) is 15.8. The normalized spacial score (nSPS) is 10.9. The van der Waals surface area contributed by atoms with Crippen molar-refractivity contribution in [3.8, 4) is 17.3 Å². The summed E-state index contributed by atoms with van der Waals surface area (Å²) in [5, 5.41) is 11.6. The maximum atomic E-state index is 12.6. The van der Waals surface area contributed by atoms with Gasteiger partial charge < -0.3 is 9.84 Å². The lowest BCUT2D eigenvalue weighted by Gasteiger charge is -2.07. The summed E-state index contributed by atoms with van der Waals surface area (Å²) in [7, 11) is 0. The maximum Gasteiger partial charge on any atom is 0.259 e. The molecule has 3 aromatic heterocycles. The Bertz CT molecular complexity index is 1170. The van der Waals surface area contributed by atoms with E-state index in [2.05, 4.69) is 25.5 Å². The van der Waals surface area contributed by atoms with Crippen molar-refractivity contribution in [2.45, 2.75) is 20.4 Å². The Labute approximate surface area is 171 Å². The van der Waals surface area contributed by atoms with Crippen LogP contribution in [-0.2, 0) is 6.54 Å². The Kier molecular flexibility index (Phi) is 5.09. The van der Waals surface area contributed by atoms with Gasteiger partial charge in [-0.2, -0.15) is 10.1 Å². The number of nitrogens with one attached hydrogen (secondary N) is 1. The monoisotopic (exact) mass is 408 g/mol. The van der Waals surface area contributed by atoms with Gasteiger partial charge in [0, 0.05) is 17.8 Å². The standard InChI is InChI=1S/C20H17ClN6O2/c1-12-17(19(28)23-9-14-4-3-5-16(21)8-14)11-24-27(12)18-7-6-15(10-22-18)20-25-13(2)26-29-20/h3-8,10-11H,9H2,1-2H3,(H,23,28). The third-order valence-corrected chi connectivity index (χ3v) is 4.57. The molecule has 0 bridgehead atoms. The van der Waals surface area contributed by atoms with Crippen LogP contribution in [0.5, 0.6) is 0 Å². The van der Waals surface area contributed by atoms with Crippen molar-refractivity contribution < 1.29 is 9.32 Å². The summed E-state index contributed by atoms with van der Waals surface area (Å²) in [6.07, 6.45) is 3.15. The molecule has 0 saturated carbocycles. The predicted molar refractivity (Wildman–Crippen MR) is 107 cm³/mol. The van der Waals surface area contributed by atoms with Crippen LogP contribution in [0, 0.1) is 13.8 Å². The van der Waals surface area contributed by atoms with Crippen LogP contribution in [0.3, 0.4) is 0 Å². The minimum Gasteiger partial charge on any atom is -0.348 e. The van der Waals surface area contributed by atoms with E-state index in [1.165, 1.54) is 6.20 Å². The highest BCUT2D eigenvalue weighted by Gasteiger charge is 2.16. The summed E-state index contributed by atoms with van der Waals surface area (Å²) < 4.78 is 6.75. The van der Waals surface area contributed by atoms with Gasteiger partial charge in [-0.05, 0) is 43.7 Å². The Morgan fingerprint density at radius 3 is 2.76 bits per heavy atom. The summed E-state index contributed by atoms with van der Waals surface area (Å²) in [5.41, 5.74) is 2.79. The third kappa shape index (κ3) is 4.02. The summed E-state index contributed by atoms with van der Waals surface area (Å²) in [6.45, 7) is 3.94. The fraction of sp³-hybridized carbons (Fsp3) is 0.150. The minimum atomic E-state index is -0.216. The van der Waals surface area contributed by atoms with Gasteiger partial charge in [-0.25, -0.2) is 9.67 Å². The van der Waals surface area contributed by atoms with Crippen LogP contribution in [0.2, 0.25) is 5.02 Å². The number of halogens is 1. The molecule has 3 heterocycles. The molecule has 146 valence electrons. The smallest absolute Gasteiger partial charge is 0.259 e. The lowest BCUT2D eigenvalue weighted by molar-refractivity contribution is 0.0950. The molecular weight excluding hydrogens is 392 g/mol. The third-order valence-electron chi connectivity index (χ3n) is 4.34. The molecule has 4 rings (SSSR count). The van der Waals surface area contributed by atoms with Gasteiger partial charge in [0.2, 0.25) is 0 Å². The number of benzene rings is 1. The SMILES string of the molecule is Cc1noc(-c2ccc(-n3ncc(C(=O)NCc4cccc(Cl)c4)c3C)nc2)n1. The van der Waals surface area contributed by atoms with Crippen LogP contribution in [0.15, 0.2) is 53.3 Å². The fourth-order valence-electron chi connectivity index (χ4n) is 2.84. The highest BCUT2D eigenvalue weighted by Crippen LogP contribution is 2.19. The number of carbonyl (C=O) groups is 1. The molecule has 0 atom stereocenters. The molecule has 8 nitrogen and oxygen atoms in total. The Morgan fingerprint density at radius 2 is 2.07 bits per heavy atom. The molecule has 0 aliphatic heterocycles. The number of aromatic nitrogens is 5. The molecule has 0 unspecified atom stereocenters. The number of rotatable bonds is 5. The molecule has 1 N–H and O–H groups in total. The Hall–Kier alpha value is -3.52. The van der Waals surface area contributed by atoms with E-state index >= 15 is 0 Å². The highest BCUT2D eigenvalue weighted by atomic mass is 35.5. The summed E-state index contributed by atoms with van der Waals surface area (Å²) in [6, 6.07) is 10.9. The first-order chi connectivity index (χ1) is 14.0. The largest absolute Gasteiger partial charge is 0.348 e. The van der Waals surface area contributed by atoms with Crippen LogP contribution in [0.1, 0.15) is 27.4 Å². The van der Waals surface area contributed by atoms with E-state index in [4.69, 9.17) is 16.1 Å². The molecule has 4 aromatic rings. The van der Waals surface area contributed by atoms with Crippen molar-refractivity contribution in [1.29, 1.82) is 0 Å². The van der Waals surface area contributed by atoms with Gasteiger partial charge in [-0.1, -0.05) is 28.9 Å². The number of nitrogens with zero attached hydrogens (tertiary/aromatic N) is 5. The van der Waals surface area contributed by atoms with Crippen LogP contribution < -0.4 is 5.32 Å². The second kappa shape index (κ2) is 7.84. The van der Waals surface area contributed by atoms with E-state index < -0.39 is 0 Å². The number of hydrogen-bond acceptors (Lipinski definition) is 6. The molecule has 0 spiro atoms. The van der Waals surface area contributed by atoms with Crippen molar-refractivity contribution in [1.82, 2.24) is 30.2 Å². The molecule has 0 aliphatic carbocycles. The fourth-order valence-corrected chi connectivity index (χ4v) is 3.05. The van der Waals surface area contributed by atoms with Gasteiger partial charge in [0.05, 0.1) is 23.0 Å². The Morgan fingerprint density at radius 1 is 1.21 bits per heavy atom. The molecule has 29 heavy (non-hydrogen) atoms. The molecule has 0 saturated heterocycles. The predicted octanol–water partition coefficient (Wildman–Crippen LogP) is 3.52. The summed E-state index contributed by atoms with van der Waals surface area (Å²) in [5.74, 6) is 1.32. The lowest BCUT2D eigenvalue weighted by atomic mass is 10.2. The van der Waals surface area contributed by atoms with E-state index in [-0.39, 0.29) is 5.91 Å². The van der Waals surface area contributed by atoms with Gasteiger partial charge in [0.25, 0.3) is 11.8 Å². The van der Waals surface area contributed by atoms with Crippen LogP contribution >= 0.6 is 11.6 Å². The van der Waals surface area contributed by atoms with Gasteiger partial charge >= 0.3 is 0 Å². The van der Waals surface area contributed by atoms with Crippen molar-refractivity contribution in [3.05, 3.63) is 76.5 Å². The first-order valence-electron chi connectivity index (χ1n) is 8.85. The zero-order chi connectivity index (χ0) is 20.4. The molecule has 0 aliphatic rings. The van der Waals surface area contributed by atoms with Crippen LogP contribution in [0.4, 0.5) is 0 Å². The lowest BCUT2D eigenvalue weighted by Crippen LogP contribution is -2.23. The number of carbonyl (C=O) groups excluding carboxylic acids is 1. The Balaban J connectivity index is 1.49. The van der Waals surface area contributed by atoms with Gasteiger partial charge in [-0.15, -0.1) is 0 Å². The topological polar surface area (TPSA) is 98.7 Å². The second-order valence-electron chi connectivity index (χ2n) is 6.42. The second-order valence-corrected chi connectivity index (χ2v) is 6.86. The molecule has 1 amide bonds. The van der Waals surface area contributed by atoms with Crippen molar-refractivity contribution in [2.24, 2.45) is 0 Å². The van der Waals surface area contributed by atoms with Crippen molar-refractivity contribution in [2.75, 3.05) is 0 Å². The van der Waals surface area contributed by atoms with Crippen molar-refractivity contribution in [3.63, 3.8) is 0 Å². The van der Waals surface area contributed by atoms with E-state index in [0.29, 0.717) is 45.9 Å². The van der Waals surface area contributed by atoms with Crippen LogP contribution in [0.25, 0.3) is 17.3 Å². The van der Waals surface area contributed by atoms with Gasteiger partial charge in [0.1, 0.15) is 0 Å². The molecule has 0 fully saturated rings. The number of aryl methyl sites for hydroxylation is 1. The first-order valence-corrected chi connectivity index (χ1v) is 9.23. The van der Waals surface area contributed by atoms with E-state index in [1.807, 2.05) is 31.2 Å². The molecular formula is C20H17ClN6O2. The maximum absolute atomic E-state index is 12.6.